The van der Waals surface area contributed by atoms with Gasteiger partial charge < -0.3 is 15.0 Å². The minimum absolute atomic E-state index is 0.128. The lowest BCUT2D eigenvalue weighted by Crippen LogP contribution is -2.22. The van der Waals surface area contributed by atoms with Crippen molar-refractivity contribution in [1.82, 2.24) is 14.5 Å². The number of carbonyl (C=O) groups excluding carboxylic acids is 2. The summed E-state index contributed by atoms with van der Waals surface area (Å²) in [5, 5.41) is 1.75. The molecular weight excluding hydrogens is 441 g/mol. The first-order valence-corrected chi connectivity index (χ1v) is 9.01. The number of hydrogen-bond acceptors (Lipinski definition) is 5. The first-order chi connectivity index (χ1) is 14.6. The molecule has 0 saturated carbocycles. The van der Waals surface area contributed by atoms with Crippen LogP contribution in [0.2, 0.25) is 5.02 Å². The van der Waals surface area contributed by atoms with Gasteiger partial charge in [0, 0.05) is 18.1 Å². The number of imidazole rings is 1. The SMILES string of the molecule is Cc1c[nH]c(=O)n1-c1ccc(C(=O)OCC(=O)Nc2ncc(C(F)(F)F)cc2Cl)cc1. The summed E-state index contributed by atoms with van der Waals surface area (Å²) < 4.78 is 44.1. The highest BCUT2D eigenvalue weighted by molar-refractivity contribution is 6.33. The predicted octanol–water partition coefficient (Wildman–Crippen LogP) is 3.34. The smallest absolute Gasteiger partial charge is 0.417 e. The molecule has 162 valence electrons. The van der Waals surface area contributed by atoms with Crippen LogP contribution in [0, 0.1) is 6.92 Å². The van der Waals surface area contributed by atoms with Gasteiger partial charge in [0.05, 0.1) is 21.8 Å². The summed E-state index contributed by atoms with van der Waals surface area (Å²) in [6, 6.07) is 6.52. The van der Waals surface area contributed by atoms with Crippen molar-refractivity contribution in [2.45, 2.75) is 13.1 Å². The highest BCUT2D eigenvalue weighted by atomic mass is 35.5. The average Bonchev–Trinajstić information content (AvgIpc) is 3.05. The summed E-state index contributed by atoms with van der Waals surface area (Å²) in [5.74, 6) is -1.95. The number of rotatable bonds is 5. The Labute approximate surface area is 177 Å². The van der Waals surface area contributed by atoms with Crippen LogP contribution in [0.3, 0.4) is 0 Å². The van der Waals surface area contributed by atoms with Crippen LogP contribution in [0.15, 0.2) is 47.5 Å². The van der Waals surface area contributed by atoms with E-state index < -0.39 is 35.2 Å². The van der Waals surface area contributed by atoms with Crippen molar-refractivity contribution < 1.29 is 27.5 Å². The van der Waals surface area contributed by atoms with Gasteiger partial charge in [-0.25, -0.2) is 14.6 Å². The first kappa shape index (κ1) is 22.1. The molecule has 3 aromatic rings. The predicted molar refractivity (Wildman–Crippen MR) is 104 cm³/mol. The van der Waals surface area contributed by atoms with Gasteiger partial charge in [-0.05, 0) is 37.3 Å². The quantitative estimate of drug-likeness (QED) is 0.575. The lowest BCUT2D eigenvalue weighted by Gasteiger charge is -2.10. The molecule has 3 rings (SSSR count). The number of hydrogen-bond donors (Lipinski definition) is 2. The molecule has 0 fully saturated rings. The maximum absolute atomic E-state index is 12.6. The second-order valence-corrected chi connectivity index (χ2v) is 6.70. The van der Waals surface area contributed by atoms with Gasteiger partial charge in [-0.15, -0.1) is 0 Å². The van der Waals surface area contributed by atoms with E-state index in [0.717, 1.165) is 0 Å². The lowest BCUT2D eigenvalue weighted by molar-refractivity contribution is -0.137. The van der Waals surface area contributed by atoms with E-state index in [1.165, 1.54) is 28.8 Å². The summed E-state index contributed by atoms with van der Waals surface area (Å²) >= 11 is 5.71. The van der Waals surface area contributed by atoms with Gasteiger partial charge in [0.2, 0.25) is 0 Å². The van der Waals surface area contributed by atoms with E-state index in [0.29, 0.717) is 23.6 Å². The molecule has 2 heterocycles. The molecule has 8 nitrogen and oxygen atoms in total. The van der Waals surface area contributed by atoms with Crippen LogP contribution >= 0.6 is 11.6 Å². The van der Waals surface area contributed by atoms with Crippen LogP contribution in [0.5, 0.6) is 0 Å². The van der Waals surface area contributed by atoms with Crippen molar-refractivity contribution in [3.05, 3.63) is 75.1 Å². The fourth-order valence-corrected chi connectivity index (χ4v) is 2.80. The number of aromatic amines is 1. The van der Waals surface area contributed by atoms with Crippen molar-refractivity contribution >= 4 is 29.3 Å². The maximum atomic E-state index is 12.6. The number of ether oxygens (including phenoxy) is 1. The standard InChI is InChI=1S/C19H14ClF3N4O4/c1-10-7-25-18(30)27(10)13-4-2-11(3-5-13)17(29)31-9-15(28)26-16-14(20)6-12(8-24-16)19(21,22)23/h2-8H,9H2,1H3,(H,25,30)(H,24,26,28). The second kappa shape index (κ2) is 8.64. The summed E-state index contributed by atoms with van der Waals surface area (Å²) in [6.45, 7) is 1.02. The number of esters is 1. The van der Waals surface area contributed by atoms with Crippen LogP contribution in [0.25, 0.3) is 5.69 Å². The molecule has 0 unspecified atom stereocenters. The first-order valence-electron chi connectivity index (χ1n) is 8.63. The van der Waals surface area contributed by atoms with Gasteiger partial charge in [-0.1, -0.05) is 11.6 Å². The van der Waals surface area contributed by atoms with E-state index in [2.05, 4.69) is 15.3 Å². The highest BCUT2D eigenvalue weighted by Gasteiger charge is 2.31. The lowest BCUT2D eigenvalue weighted by atomic mass is 10.2. The topological polar surface area (TPSA) is 106 Å². The monoisotopic (exact) mass is 454 g/mol. The Morgan fingerprint density at radius 1 is 1.26 bits per heavy atom. The number of H-pyrrole nitrogens is 1. The minimum Gasteiger partial charge on any atom is -0.452 e. The fraction of sp³-hybridized carbons (Fsp3) is 0.158. The Balaban J connectivity index is 1.59. The molecule has 2 N–H and O–H groups in total. The van der Waals surface area contributed by atoms with Crippen molar-refractivity contribution in [3.63, 3.8) is 0 Å². The van der Waals surface area contributed by atoms with E-state index in [1.807, 2.05) is 0 Å². The molecule has 0 aliphatic rings. The van der Waals surface area contributed by atoms with Crippen LogP contribution < -0.4 is 11.0 Å². The number of alkyl halides is 3. The summed E-state index contributed by atoms with van der Waals surface area (Å²) in [4.78, 5) is 41.8. The molecule has 1 aromatic carbocycles. The van der Waals surface area contributed by atoms with Crippen LogP contribution in [-0.4, -0.2) is 33.0 Å². The van der Waals surface area contributed by atoms with Gasteiger partial charge in [0.25, 0.3) is 5.91 Å². The Kier molecular flexibility index (Phi) is 6.16. The second-order valence-electron chi connectivity index (χ2n) is 6.29. The zero-order valence-corrected chi connectivity index (χ0v) is 16.5. The number of anilines is 1. The van der Waals surface area contributed by atoms with Gasteiger partial charge in [0.1, 0.15) is 0 Å². The third-order valence-corrected chi connectivity index (χ3v) is 4.37. The number of amides is 1. The molecular formula is C19H14ClF3N4O4. The van der Waals surface area contributed by atoms with E-state index in [4.69, 9.17) is 16.3 Å². The number of nitrogens with zero attached hydrogens (tertiary/aromatic N) is 2. The van der Waals surface area contributed by atoms with E-state index in [9.17, 15) is 27.6 Å². The van der Waals surface area contributed by atoms with E-state index in [-0.39, 0.29) is 17.1 Å². The molecule has 0 spiro atoms. The number of carbonyl (C=O) groups is 2. The number of nitrogens with one attached hydrogen (secondary N) is 2. The molecule has 2 aromatic heterocycles. The average molecular weight is 455 g/mol. The fourth-order valence-electron chi connectivity index (χ4n) is 2.59. The number of aromatic nitrogens is 3. The van der Waals surface area contributed by atoms with Gasteiger partial charge >= 0.3 is 17.8 Å². The molecule has 12 heteroatoms. The molecule has 0 radical (unpaired) electrons. The van der Waals surface area contributed by atoms with Crippen molar-refractivity contribution in [2.75, 3.05) is 11.9 Å². The van der Waals surface area contributed by atoms with Gasteiger partial charge in [-0.2, -0.15) is 13.2 Å². The molecule has 0 aliphatic heterocycles. The summed E-state index contributed by atoms with van der Waals surface area (Å²) in [6.07, 6.45) is -2.56. The van der Waals surface area contributed by atoms with Crippen LogP contribution in [-0.2, 0) is 15.7 Å². The van der Waals surface area contributed by atoms with Gasteiger partial charge in [-0.3, -0.25) is 9.36 Å². The van der Waals surface area contributed by atoms with Crippen molar-refractivity contribution in [3.8, 4) is 5.69 Å². The normalized spacial score (nSPS) is 11.3. The van der Waals surface area contributed by atoms with Crippen LogP contribution in [0.4, 0.5) is 19.0 Å². The molecule has 0 atom stereocenters. The molecule has 0 bridgehead atoms. The zero-order valence-electron chi connectivity index (χ0n) is 15.8. The molecule has 0 saturated heterocycles. The largest absolute Gasteiger partial charge is 0.452 e. The number of aryl methyl sites for hydroxylation is 1. The highest BCUT2D eigenvalue weighted by Crippen LogP contribution is 2.32. The number of halogens is 4. The third kappa shape index (κ3) is 5.12. The molecule has 1 amide bonds. The van der Waals surface area contributed by atoms with E-state index >= 15 is 0 Å². The Bertz CT molecular complexity index is 1190. The van der Waals surface area contributed by atoms with Crippen LogP contribution in [0.1, 0.15) is 21.6 Å². The Hall–Kier alpha value is -3.60. The zero-order chi connectivity index (χ0) is 22.8. The third-order valence-electron chi connectivity index (χ3n) is 4.08. The van der Waals surface area contributed by atoms with Crippen molar-refractivity contribution in [1.29, 1.82) is 0 Å². The van der Waals surface area contributed by atoms with E-state index in [1.54, 1.807) is 13.1 Å². The summed E-state index contributed by atoms with van der Waals surface area (Å²) in [7, 11) is 0. The maximum Gasteiger partial charge on any atom is 0.417 e. The molecule has 0 aliphatic carbocycles. The molecule has 31 heavy (non-hydrogen) atoms. The summed E-state index contributed by atoms with van der Waals surface area (Å²) in [5.41, 5.74) is -0.0698. The Morgan fingerprint density at radius 3 is 2.48 bits per heavy atom. The minimum atomic E-state index is -4.63. The van der Waals surface area contributed by atoms with Gasteiger partial charge in [0.15, 0.2) is 12.4 Å². The Morgan fingerprint density at radius 2 is 1.94 bits per heavy atom. The van der Waals surface area contributed by atoms with Crippen molar-refractivity contribution in [2.24, 2.45) is 0 Å². The number of benzene rings is 1. The number of pyridine rings is 1.